The molecule has 136 valence electrons. The number of aliphatic carboxylic acids is 1. The van der Waals surface area contributed by atoms with Gasteiger partial charge in [-0.3, -0.25) is 14.4 Å². The van der Waals surface area contributed by atoms with Crippen molar-refractivity contribution in [3.05, 3.63) is 0 Å². The molecule has 1 aliphatic heterocycles. The molecular formula is C14H24N4O5S. The Hall–Kier alpha value is -1.81. The molecule has 1 saturated heterocycles. The molecule has 0 aliphatic carbocycles. The summed E-state index contributed by atoms with van der Waals surface area (Å²) in [5.74, 6) is -2.50. The zero-order chi connectivity index (χ0) is 18.1. The monoisotopic (exact) mass is 360 g/mol. The average molecular weight is 360 g/mol. The summed E-state index contributed by atoms with van der Waals surface area (Å²) in [5, 5.41) is 17.0. The number of hydrogen-bond donors (Lipinski definition) is 5. The largest absolute Gasteiger partial charge is 0.480 e. The molecule has 0 aromatic carbocycles. The fraction of sp³-hybridized carbons (Fsp3) is 0.714. The molecular weight excluding hydrogens is 336 g/mol. The number of primary amides is 1. The van der Waals surface area contributed by atoms with Gasteiger partial charge in [-0.25, -0.2) is 4.79 Å². The van der Waals surface area contributed by atoms with E-state index in [9.17, 15) is 19.2 Å². The average Bonchev–Trinajstić information content (AvgIpc) is 3.04. The molecule has 1 aliphatic rings. The maximum Gasteiger partial charge on any atom is 0.326 e. The van der Waals surface area contributed by atoms with Gasteiger partial charge in [0.15, 0.2) is 0 Å². The number of thioether (sulfide) groups is 1. The van der Waals surface area contributed by atoms with Gasteiger partial charge >= 0.3 is 5.97 Å². The lowest BCUT2D eigenvalue weighted by molar-refractivity contribution is -0.142. The van der Waals surface area contributed by atoms with Crippen molar-refractivity contribution in [2.75, 3.05) is 18.6 Å². The number of amides is 3. The first-order chi connectivity index (χ1) is 11.3. The number of hydrogen-bond acceptors (Lipinski definition) is 6. The van der Waals surface area contributed by atoms with Crippen molar-refractivity contribution >= 4 is 35.5 Å². The van der Waals surface area contributed by atoms with Crippen molar-refractivity contribution in [3.8, 4) is 0 Å². The second-order valence-electron chi connectivity index (χ2n) is 5.56. The number of carbonyl (C=O) groups excluding carboxylic acids is 3. The number of nitrogens with one attached hydrogen (secondary N) is 3. The van der Waals surface area contributed by atoms with Crippen molar-refractivity contribution in [2.45, 2.75) is 43.8 Å². The summed E-state index contributed by atoms with van der Waals surface area (Å²) in [7, 11) is 0. The molecule has 9 nitrogen and oxygen atoms in total. The van der Waals surface area contributed by atoms with Gasteiger partial charge in [0.25, 0.3) is 0 Å². The molecule has 6 N–H and O–H groups in total. The molecule has 1 heterocycles. The maximum absolute atomic E-state index is 12.3. The first-order valence-corrected chi connectivity index (χ1v) is 9.08. The smallest absolute Gasteiger partial charge is 0.326 e. The maximum atomic E-state index is 12.3. The lowest BCUT2D eigenvalue weighted by Gasteiger charge is -2.22. The summed E-state index contributed by atoms with van der Waals surface area (Å²) < 4.78 is 0. The molecule has 24 heavy (non-hydrogen) atoms. The van der Waals surface area contributed by atoms with E-state index in [1.807, 2.05) is 6.26 Å². The SMILES string of the molecule is CSCCC(NC(=O)C(CC(N)=O)NC(=O)C1CCCN1)C(=O)O. The highest BCUT2D eigenvalue weighted by molar-refractivity contribution is 7.98. The third-order valence-corrected chi connectivity index (χ3v) is 4.28. The Morgan fingerprint density at radius 1 is 1.29 bits per heavy atom. The van der Waals surface area contributed by atoms with Crippen LogP contribution in [0.5, 0.6) is 0 Å². The second kappa shape index (κ2) is 10.1. The topological polar surface area (TPSA) is 151 Å². The van der Waals surface area contributed by atoms with Gasteiger partial charge in [-0.05, 0) is 37.8 Å². The Kier molecular flexibility index (Phi) is 8.55. The van der Waals surface area contributed by atoms with Crippen LogP contribution < -0.4 is 21.7 Å². The van der Waals surface area contributed by atoms with Crippen molar-refractivity contribution in [3.63, 3.8) is 0 Å². The fourth-order valence-electron chi connectivity index (χ4n) is 2.36. The molecule has 10 heteroatoms. The molecule has 0 bridgehead atoms. The number of nitrogens with two attached hydrogens (primary N) is 1. The van der Waals surface area contributed by atoms with Crippen LogP contribution in [0.25, 0.3) is 0 Å². The Labute approximate surface area is 144 Å². The highest BCUT2D eigenvalue weighted by Gasteiger charge is 2.30. The van der Waals surface area contributed by atoms with Gasteiger partial charge in [0.1, 0.15) is 12.1 Å². The highest BCUT2D eigenvalue weighted by atomic mass is 32.2. The Morgan fingerprint density at radius 2 is 2.00 bits per heavy atom. The molecule has 0 aromatic heterocycles. The van der Waals surface area contributed by atoms with Crippen LogP contribution in [0.15, 0.2) is 0 Å². The molecule has 3 amide bonds. The van der Waals surface area contributed by atoms with Crippen molar-refractivity contribution < 1.29 is 24.3 Å². The van der Waals surface area contributed by atoms with E-state index in [1.165, 1.54) is 11.8 Å². The third kappa shape index (κ3) is 6.75. The number of rotatable bonds is 10. The summed E-state index contributed by atoms with van der Waals surface area (Å²) in [6.07, 6.45) is 3.16. The molecule has 0 radical (unpaired) electrons. The molecule has 1 fully saturated rings. The van der Waals surface area contributed by atoms with Crippen LogP contribution in [0, 0.1) is 0 Å². The summed E-state index contributed by atoms with van der Waals surface area (Å²) in [4.78, 5) is 46.8. The number of carboxylic acid groups (broad SMARTS) is 1. The normalized spacial score (nSPS) is 19.3. The van der Waals surface area contributed by atoms with Gasteiger partial charge in [-0.15, -0.1) is 0 Å². The zero-order valence-electron chi connectivity index (χ0n) is 13.5. The predicted octanol–water partition coefficient (Wildman–Crippen LogP) is -1.58. The molecule has 0 spiro atoms. The molecule has 0 saturated carbocycles. The van der Waals surface area contributed by atoms with Gasteiger partial charge in [-0.1, -0.05) is 0 Å². The first-order valence-electron chi connectivity index (χ1n) is 7.69. The van der Waals surface area contributed by atoms with Crippen LogP contribution in [0.2, 0.25) is 0 Å². The van der Waals surface area contributed by atoms with Gasteiger partial charge in [0, 0.05) is 0 Å². The van der Waals surface area contributed by atoms with Gasteiger partial charge in [0.2, 0.25) is 17.7 Å². The number of carboxylic acids is 1. The summed E-state index contributed by atoms with van der Waals surface area (Å²) in [6.45, 7) is 0.709. The van der Waals surface area contributed by atoms with Crippen LogP contribution in [0.3, 0.4) is 0 Å². The Morgan fingerprint density at radius 3 is 2.50 bits per heavy atom. The minimum atomic E-state index is -1.19. The van der Waals surface area contributed by atoms with Crippen LogP contribution >= 0.6 is 11.8 Å². The molecule has 3 atom stereocenters. The summed E-state index contributed by atoms with van der Waals surface area (Å²) in [5.41, 5.74) is 5.13. The van der Waals surface area contributed by atoms with E-state index in [-0.39, 0.29) is 12.8 Å². The highest BCUT2D eigenvalue weighted by Crippen LogP contribution is 2.06. The minimum absolute atomic E-state index is 0.240. The molecule has 3 unspecified atom stereocenters. The van der Waals surface area contributed by atoms with E-state index in [0.717, 1.165) is 6.42 Å². The Balaban J connectivity index is 2.70. The van der Waals surface area contributed by atoms with E-state index in [0.29, 0.717) is 18.7 Å². The molecule has 0 aromatic rings. The quantitative estimate of drug-likeness (QED) is 0.315. The summed E-state index contributed by atoms with van der Waals surface area (Å²) in [6, 6.07) is -2.68. The van der Waals surface area contributed by atoms with Crippen LogP contribution in [-0.4, -0.2) is 65.5 Å². The lowest BCUT2D eigenvalue weighted by atomic mass is 10.1. The van der Waals surface area contributed by atoms with E-state index >= 15 is 0 Å². The van der Waals surface area contributed by atoms with Crippen molar-refractivity contribution in [2.24, 2.45) is 5.73 Å². The third-order valence-electron chi connectivity index (χ3n) is 3.64. The van der Waals surface area contributed by atoms with Gasteiger partial charge < -0.3 is 26.8 Å². The van der Waals surface area contributed by atoms with Crippen molar-refractivity contribution in [1.82, 2.24) is 16.0 Å². The fourth-order valence-corrected chi connectivity index (χ4v) is 2.83. The number of carbonyl (C=O) groups is 4. The van der Waals surface area contributed by atoms with Crippen LogP contribution in [-0.2, 0) is 19.2 Å². The van der Waals surface area contributed by atoms with E-state index < -0.39 is 41.8 Å². The molecule has 1 rings (SSSR count). The second-order valence-corrected chi connectivity index (χ2v) is 6.55. The van der Waals surface area contributed by atoms with Crippen molar-refractivity contribution in [1.29, 1.82) is 0 Å². The standard InChI is InChI=1S/C14H24N4O5S/c1-24-6-4-9(14(22)23)17-13(21)10(7-11(15)19)18-12(20)8-3-2-5-16-8/h8-10,16H,2-7H2,1H3,(H2,15,19)(H,17,21)(H,18,20)(H,22,23). The minimum Gasteiger partial charge on any atom is -0.480 e. The van der Waals surface area contributed by atoms with Crippen LogP contribution in [0.4, 0.5) is 0 Å². The van der Waals surface area contributed by atoms with Crippen LogP contribution in [0.1, 0.15) is 25.7 Å². The summed E-state index contributed by atoms with van der Waals surface area (Å²) >= 11 is 1.45. The Bertz CT molecular complexity index is 482. The lowest BCUT2D eigenvalue weighted by Crippen LogP contribution is -2.55. The van der Waals surface area contributed by atoms with Gasteiger partial charge in [-0.2, -0.15) is 11.8 Å². The zero-order valence-corrected chi connectivity index (χ0v) is 14.4. The first kappa shape index (κ1) is 20.2. The van der Waals surface area contributed by atoms with Gasteiger partial charge in [0.05, 0.1) is 12.5 Å². The predicted molar refractivity (Wildman–Crippen MR) is 89.3 cm³/mol. The van der Waals surface area contributed by atoms with E-state index in [1.54, 1.807) is 0 Å². The van der Waals surface area contributed by atoms with E-state index in [2.05, 4.69) is 16.0 Å². The van der Waals surface area contributed by atoms with E-state index in [4.69, 9.17) is 10.8 Å².